The molecule has 148 valence electrons. The molecule has 1 saturated heterocycles. The van der Waals surface area contributed by atoms with Crippen molar-refractivity contribution in [1.29, 1.82) is 0 Å². The number of nitrogens with zero attached hydrogens (tertiary/aromatic N) is 6. The van der Waals surface area contributed by atoms with Crippen LogP contribution < -0.4 is 0 Å². The Kier molecular flexibility index (Phi) is 4.65. The molecule has 9 nitrogen and oxygen atoms in total. The Balaban J connectivity index is 1.42. The van der Waals surface area contributed by atoms with Crippen molar-refractivity contribution < 1.29 is 13.7 Å². The summed E-state index contributed by atoms with van der Waals surface area (Å²) >= 11 is 0. The van der Waals surface area contributed by atoms with Crippen LogP contribution in [0.5, 0.6) is 0 Å². The second kappa shape index (κ2) is 7.59. The van der Waals surface area contributed by atoms with Gasteiger partial charge in [-0.05, 0) is 31.9 Å². The number of aryl methyl sites for hydroxylation is 1. The smallest absolute Gasteiger partial charge is 0.289 e. The highest BCUT2D eigenvalue weighted by atomic mass is 16.5. The van der Waals surface area contributed by atoms with E-state index in [0.29, 0.717) is 18.4 Å². The van der Waals surface area contributed by atoms with Gasteiger partial charge in [-0.1, -0.05) is 23.4 Å². The third-order valence-electron chi connectivity index (χ3n) is 5.06. The van der Waals surface area contributed by atoms with E-state index in [2.05, 4.69) is 36.8 Å². The summed E-state index contributed by atoms with van der Waals surface area (Å²) in [6.45, 7) is 3.58. The maximum Gasteiger partial charge on any atom is 0.289 e. The zero-order valence-corrected chi connectivity index (χ0v) is 15.9. The maximum atomic E-state index is 6.05. The van der Waals surface area contributed by atoms with Gasteiger partial charge in [0.1, 0.15) is 11.9 Å². The summed E-state index contributed by atoms with van der Waals surface area (Å²) in [5, 5.41) is 12.2. The fraction of sp³-hybridized carbons (Fsp3) is 0.350. The van der Waals surface area contributed by atoms with Crippen molar-refractivity contribution in [2.24, 2.45) is 0 Å². The van der Waals surface area contributed by atoms with Crippen molar-refractivity contribution in [3.05, 3.63) is 54.4 Å². The quantitative estimate of drug-likeness (QED) is 0.507. The van der Waals surface area contributed by atoms with E-state index in [1.165, 1.54) is 0 Å². The van der Waals surface area contributed by atoms with E-state index in [9.17, 15) is 0 Å². The van der Waals surface area contributed by atoms with Crippen LogP contribution in [0.15, 0.2) is 51.7 Å². The second-order valence-corrected chi connectivity index (χ2v) is 6.85. The lowest BCUT2D eigenvalue weighted by atomic mass is 9.93. The van der Waals surface area contributed by atoms with Crippen LogP contribution in [-0.2, 0) is 11.3 Å². The Morgan fingerprint density at radius 3 is 2.86 bits per heavy atom. The molecule has 9 heteroatoms. The molecule has 2 atom stereocenters. The van der Waals surface area contributed by atoms with Gasteiger partial charge in [0.2, 0.25) is 11.8 Å². The molecule has 1 aliphatic heterocycles. The van der Waals surface area contributed by atoms with Gasteiger partial charge >= 0.3 is 0 Å². The summed E-state index contributed by atoms with van der Waals surface area (Å²) < 4.78 is 19.4. The Hall–Kier alpha value is -3.33. The minimum absolute atomic E-state index is 0.0748. The van der Waals surface area contributed by atoms with E-state index in [0.717, 1.165) is 30.8 Å². The summed E-state index contributed by atoms with van der Waals surface area (Å²) in [5.41, 5.74) is 0.835. The molecular weight excluding hydrogens is 372 g/mol. The standard InChI is InChI=1S/C20H20N6O3/c1-2-26-11-10-21-17(26)15-14(9-6-12-27-15)19-22-16(25-29-19)20-24-23-18(28-20)13-7-4-3-5-8-13/h3-5,7-8,10-11,14-15H,2,6,9,12H2,1H3/t14-,15-/m0/s1. The summed E-state index contributed by atoms with van der Waals surface area (Å²) in [6, 6.07) is 9.56. The lowest BCUT2D eigenvalue weighted by Crippen LogP contribution is -2.24. The van der Waals surface area contributed by atoms with Crippen LogP contribution in [0.2, 0.25) is 0 Å². The summed E-state index contributed by atoms with van der Waals surface area (Å²) in [5.74, 6) is 2.21. The number of hydrogen-bond donors (Lipinski definition) is 0. The number of ether oxygens (including phenoxy) is 1. The van der Waals surface area contributed by atoms with Crippen molar-refractivity contribution >= 4 is 0 Å². The number of imidazole rings is 1. The van der Waals surface area contributed by atoms with E-state index >= 15 is 0 Å². The zero-order valence-electron chi connectivity index (χ0n) is 15.9. The van der Waals surface area contributed by atoms with E-state index < -0.39 is 0 Å². The highest BCUT2D eigenvalue weighted by Crippen LogP contribution is 2.40. The van der Waals surface area contributed by atoms with Gasteiger partial charge in [-0.2, -0.15) is 4.98 Å². The molecule has 5 rings (SSSR count). The van der Waals surface area contributed by atoms with Crippen molar-refractivity contribution in [3.8, 4) is 23.2 Å². The zero-order chi connectivity index (χ0) is 19.6. The molecule has 0 unspecified atom stereocenters. The molecule has 0 amide bonds. The Labute approximate surface area is 166 Å². The van der Waals surface area contributed by atoms with Crippen molar-refractivity contribution in [3.63, 3.8) is 0 Å². The number of rotatable bonds is 5. The number of aromatic nitrogens is 6. The molecule has 0 N–H and O–H groups in total. The van der Waals surface area contributed by atoms with Crippen LogP contribution in [0.4, 0.5) is 0 Å². The molecule has 0 spiro atoms. The number of benzene rings is 1. The minimum Gasteiger partial charge on any atom is -0.413 e. The SMILES string of the molecule is CCn1ccnc1[C@H]1OCCC[C@@H]1c1nc(-c2nnc(-c3ccccc3)o2)no1. The van der Waals surface area contributed by atoms with Crippen molar-refractivity contribution in [2.45, 2.75) is 38.3 Å². The Morgan fingerprint density at radius 1 is 1.14 bits per heavy atom. The van der Waals surface area contributed by atoms with Gasteiger partial charge in [0.15, 0.2) is 0 Å². The normalized spacial score (nSPS) is 19.5. The molecule has 0 radical (unpaired) electrons. The van der Waals surface area contributed by atoms with Gasteiger partial charge in [-0.15, -0.1) is 10.2 Å². The lowest BCUT2D eigenvalue weighted by Gasteiger charge is -2.29. The highest BCUT2D eigenvalue weighted by molar-refractivity contribution is 5.54. The van der Waals surface area contributed by atoms with E-state index in [1.807, 2.05) is 36.5 Å². The first-order chi connectivity index (χ1) is 14.3. The van der Waals surface area contributed by atoms with Crippen molar-refractivity contribution in [1.82, 2.24) is 29.9 Å². The number of hydrogen-bond acceptors (Lipinski definition) is 8. The topological polar surface area (TPSA) is 105 Å². The molecule has 1 aliphatic rings. The van der Waals surface area contributed by atoms with Crippen LogP contribution in [0.1, 0.15) is 43.5 Å². The fourth-order valence-corrected chi connectivity index (χ4v) is 3.62. The summed E-state index contributed by atoms with van der Waals surface area (Å²) in [7, 11) is 0. The molecule has 4 heterocycles. The predicted molar refractivity (Wildman–Crippen MR) is 102 cm³/mol. The average molecular weight is 392 g/mol. The molecular formula is C20H20N6O3. The van der Waals surface area contributed by atoms with Crippen molar-refractivity contribution in [2.75, 3.05) is 6.61 Å². The minimum atomic E-state index is -0.227. The fourth-order valence-electron chi connectivity index (χ4n) is 3.62. The van der Waals surface area contributed by atoms with Crippen LogP contribution in [0.25, 0.3) is 23.2 Å². The molecule has 3 aromatic heterocycles. The van der Waals surface area contributed by atoms with E-state index in [1.54, 1.807) is 6.20 Å². The van der Waals surface area contributed by atoms with Gasteiger partial charge in [-0.3, -0.25) is 0 Å². The van der Waals surface area contributed by atoms with E-state index in [-0.39, 0.29) is 23.7 Å². The first-order valence-electron chi connectivity index (χ1n) is 9.69. The first-order valence-corrected chi connectivity index (χ1v) is 9.69. The molecule has 1 aromatic carbocycles. The third kappa shape index (κ3) is 3.33. The van der Waals surface area contributed by atoms with Gasteiger partial charge in [0.25, 0.3) is 11.7 Å². The maximum absolute atomic E-state index is 6.05. The highest BCUT2D eigenvalue weighted by Gasteiger charge is 2.36. The Morgan fingerprint density at radius 2 is 2.00 bits per heavy atom. The lowest BCUT2D eigenvalue weighted by molar-refractivity contribution is -0.0173. The second-order valence-electron chi connectivity index (χ2n) is 6.85. The summed E-state index contributed by atoms with van der Waals surface area (Å²) in [4.78, 5) is 9.03. The third-order valence-corrected chi connectivity index (χ3v) is 5.06. The molecule has 29 heavy (non-hydrogen) atoms. The Bertz CT molecular complexity index is 1090. The summed E-state index contributed by atoms with van der Waals surface area (Å²) in [6.07, 6.45) is 5.31. The molecule has 1 fully saturated rings. The van der Waals surface area contributed by atoms with E-state index in [4.69, 9.17) is 13.7 Å². The molecule has 0 aliphatic carbocycles. The van der Waals surface area contributed by atoms with Gasteiger partial charge in [0.05, 0.1) is 5.92 Å². The molecule has 0 bridgehead atoms. The van der Waals surface area contributed by atoms with Crippen LogP contribution in [0.3, 0.4) is 0 Å². The van der Waals surface area contributed by atoms with Gasteiger partial charge in [-0.25, -0.2) is 4.98 Å². The first kappa shape index (κ1) is 17.7. The van der Waals surface area contributed by atoms with Crippen LogP contribution in [-0.4, -0.2) is 36.5 Å². The largest absolute Gasteiger partial charge is 0.413 e. The molecule has 4 aromatic rings. The predicted octanol–water partition coefficient (Wildman–Crippen LogP) is 3.64. The van der Waals surface area contributed by atoms with Crippen LogP contribution in [0, 0.1) is 0 Å². The average Bonchev–Trinajstić information content (AvgIpc) is 3.54. The monoisotopic (exact) mass is 392 g/mol. The van der Waals surface area contributed by atoms with Gasteiger partial charge < -0.3 is 18.2 Å². The van der Waals surface area contributed by atoms with Crippen LogP contribution >= 0.6 is 0 Å². The molecule has 0 saturated carbocycles. The van der Waals surface area contributed by atoms with Gasteiger partial charge in [0, 0.05) is 31.1 Å².